The Kier molecular flexibility index (Phi) is 4.22. The van der Waals surface area contributed by atoms with E-state index in [1.54, 1.807) is 7.11 Å². The smallest absolute Gasteiger partial charge is 0.155 e. The normalized spacial score (nSPS) is 51.7. The molecule has 8 atom stereocenters. The summed E-state index contributed by atoms with van der Waals surface area (Å²) in [5, 5.41) is 22.9. The van der Waals surface area contributed by atoms with E-state index in [4.69, 9.17) is 4.74 Å². The van der Waals surface area contributed by atoms with Crippen LogP contribution in [0.1, 0.15) is 59.3 Å². The van der Waals surface area contributed by atoms with Crippen molar-refractivity contribution in [2.24, 2.45) is 34.5 Å². The zero-order valence-corrected chi connectivity index (χ0v) is 17.1. The Bertz CT molecular complexity index is 711. The van der Waals surface area contributed by atoms with Crippen molar-refractivity contribution in [3.63, 3.8) is 0 Å². The third kappa shape index (κ3) is 2.32. The Labute approximate surface area is 162 Å². The van der Waals surface area contributed by atoms with Gasteiger partial charge in [0.05, 0.1) is 13.2 Å². The van der Waals surface area contributed by atoms with Gasteiger partial charge >= 0.3 is 0 Å². The summed E-state index contributed by atoms with van der Waals surface area (Å²) < 4.78 is 5.39. The van der Waals surface area contributed by atoms with Gasteiger partial charge in [-0.15, -0.1) is 0 Å². The molecule has 4 nitrogen and oxygen atoms in total. The standard InChI is InChI=1S/C23H34O4/c1-13-10-16-17-7-9-23(26,14(2)27-5)22(17,4)12-19(25)20(16)21(3)8-6-15(24)11-18(13)21/h11,13,16-17,19-20,25-26H,2,6-10,12H2,1,3-5H3/t13-,16-,17-,19-,20+,21-,22-,23-/m0/s1. The molecule has 0 saturated heterocycles. The summed E-state index contributed by atoms with van der Waals surface area (Å²) in [5.74, 6) is 1.84. The molecule has 0 heterocycles. The van der Waals surface area contributed by atoms with Gasteiger partial charge in [0.15, 0.2) is 5.78 Å². The Morgan fingerprint density at radius 3 is 2.70 bits per heavy atom. The average molecular weight is 375 g/mol. The number of fused-ring (bicyclic) bond motifs is 5. The topological polar surface area (TPSA) is 66.8 Å². The zero-order chi connectivity index (χ0) is 19.8. The van der Waals surface area contributed by atoms with E-state index in [9.17, 15) is 15.0 Å². The number of hydrogen-bond donors (Lipinski definition) is 2. The van der Waals surface area contributed by atoms with Gasteiger partial charge in [-0.1, -0.05) is 32.9 Å². The van der Waals surface area contributed by atoms with E-state index in [2.05, 4.69) is 27.4 Å². The van der Waals surface area contributed by atoms with Crippen molar-refractivity contribution in [3.05, 3.63) is 24.0 Å². The minimum atomic E-state index is -1.08. The second kappa shape index (κ2) is 5.93. The van der Waals surface area contributed by atoms with Gasteiger partial charge in [-0.05, 0) is 67.3 Å². The molecule has 3 saturated carbocycles. The van der Waals surface area contributed by atoms with Crippen LogP contribution in [0, 0.1) is 34.5 Å². The monoisotopic (exact) mass is 374 g/mol. The highest BCUT2D eigenvalue weighted by Crippen LogP contribution is 2.69. The predicted octanol–water partition coefficient (Wildman–Crippen LogP) is 3.63. The van der Waals surface area contributed by atoms with Crippen LogP contribution in [0.3, 0.4) is 0 Å². The Balaban J connectivity index is 1.77. The maximum atomic E-state index is 12.1. The quantitative estimate of drug-likeness (QED) is 0.725. The number of aliphatic hydroxyl groups excluding tert-OH is 1. The van der Waals surface area contributed by atoms with Crippen molar-refractivity contribution in [1.82, 2.24) is 0 Å². The van der Waals surface area contributed by atoms with Crippen LogP contribution < -0.4 is 0 Å². The summed E-state index contributed by atoms with van der Waals surface area (Å²) in [7, 11) is 1.57. The molecular weight excluding hydrogens is 340 g/mol. The largest absolute Gasteiger partial charge is 0.499 e. The molecule has 4 aliphatic rings. The number of methoxy groups -OCH3 is 1. The second-order valence-electron chi connectivity index (χ2n) is 10.1. The third-order valence-electron chi connectivity index (χ3n) is 9.07. The zero-order valence-electron chi connectivity index (χ0n) is 17.1. The first-order chi connectivity index (χ1) is 12.6. The molecule has 0 aliphatic heterocycles. The first kappa shape index (κ1) is 19.2. The van der Waals surface area contributed by atoms with Crippen molar-refractivity contribution in [3.8, 4) is 0 Å². The summed E-state index contributed by atoms with van der Waals surface area (Å²) in [4.78, 5) is 12.1. The lowest BCUT2D eigenvalue weighted by atomic mass is 9.44. The van der Waals surface area contributed by atoms with E-state index in [1.807, 2.05) is 6.08 Å². The van der Waals surface area contributed by atoms with E-state index >= 15 is 0 Å². The van der Waals surface area contributed by atoms with Crippen molar-refractivity contribution in [1.29, 1.82) is 0 Å². The molecule has 0 aromatic carbocycles. The van der Waals surface area contributed by atoms with Gasteiger partial charge in [0.25, 0.3) is 0 Å². The van der Waals surface area contributed by atoms with Gasteiger partial charge in [-0.25, -0.2) is 0 Å². The van der Waals surface area contributed by atoms with Crippen LogP contribution in [0.2, 0.25) is 0 Å². The Morgan fingerprint density at radius 1 is 1.33 bits per heavy atom. The molecule has 27 heavy (non-hydrogen) atoms. The van der Waals surface area contributed by atoms with Crippen LogP contribution in [0.15, 0.2) is 24.0 Å². The van der Waals surface area contributed by atoms with E-state index in [-0.39, 0.29) is 17.1 Å². The van der Waals surface area contributed by atoms with E-state index in [0.717, 1.165) is 19.3 Å². The molecule has 3 fully saturated rings. The highest BCUT2D eigenvalue weighted by atomic mass is 16.5. The lowest BCUT2D eigenvalue weighted by molar-refractivity contribution is -0.173. The number of carbonyl (C=O) groups is 1. The number of allylic oxidation sites excluding steroid dienone is 1. The summed E-state index contributed by atoms with van der Waals surface area (Å²) in [6, 6.07) is 0. The summed E-state index contributed by atoms with van der Waals surface area (Å²) in [5.41, 5.74) is -0.378. The van der Waals surface area contributed by atoms with Crippen LogP contribution in [0.5, 0.6) is 0 Å². The Morgan fingerprint density at radius 2 is 2.04 bits per heavy atom. The molecule has 4 aliphatic carbocycles. The molecule has 4 heteroatoms. The SMILES string of the molecule is C=C(OC)[C@@]1(O)CC[C@H]2[C@@H]3C[C@H](C)C4=CC(=O)CC[C@]4(C)[C@H]3[C@@H](O)C[C@@]21C. The number of hydrogen-bond acceptors (Lipinski definition) is 4. The summed E-state index contributed by atoms with van der Waals surface area (Å²) in [6.07, 6.45) is 5.91. The van der Waals surface area contributed by atoms with E-state index in [0.29, 0.717) is 42.8 Å². The van der Waals surface area contributed by atoms with Crippen LogP contribution in [0.25, 0.3) is 0 Å². The van der Waals surface area contributed by atoms with Gasteiger partial charge in [-0.3, -0.25) is 4.79 Å². The number of aliphatic hydroxyl groups is 2. The van der Waals surface area contributed by atoms with Gasteiger partial charge in [0.1, 0.15) is 11.4 Å². The van der Waals surface area contributed by atoms with Gasteiger partial charge in [0, 0.05) is 11.8 Å². The Hall–Kier alpha value is -1.13. The maximum absolute atomic E-state index is 12.1. The van der Waals surface area contributed by atoms with Gasteiger partial charge in [-0.2, -0.15) is 0 Å². The summed E-state index contributed by atoms with van der Waals surface area (Å²) >= 11 is 0. The fourth-order valence-electron chi connectivity index (χ4n) is 7.75. The third-order valence-corrected chi connectivity index (χ3v) is 9.07. The maximum Gasteiger partial charge on any atom is 0.155 e. The van der Waals surface area contributed by atoms with Crippen molar-refractivity contribution < 1.29 is 19.7 Å². The van der Waals surface area contributed by atoms with Crippen molar-refractivity contribution in [2.45, 2.75) is 71.0 Å². The molecule has 0 aromatic heterocycles. The molecule has 0 radical (unpaired) electrons. The molecule has 4 rings (SSSR count). The summed E-state index contributed by atoms with van der Waals surface area (Å²) in [6.45, 7) is 10.6. The lowest BCUT2D eigenvalue weighted by Gasteiger charge is -2.62. The van der Waals surface area contributed by atoms with Crippen LogP contribution in [0.4, 0.5) is 0 Å². The molecular formula is C23H34O4. The molecule has 0 spiro atoms. The van der Waals surface area contributed by atoms with Crippen LogP contribution in [-0.4, -0.2) is 34.8 Å². The minimum absolute atomic E-state index is 0.115. The van der Waals surface area contributed by atoms with E-state index in [1.165, 1.54) is 5.57 Å². The fraction of sp³-hybridized carbons (Fsp3) is 0.783. The molecule has 150 valence electrons. The number of ether oxygens (including phenoxy) is 1. The van der Waals surface area contributed by atoms with E-state index < -0.39 is 17.1 Å². The van der Waals surface area contributed by atoms with Crippen LogP contribution in [-0.2, 0) is 9.53 Å². The molecule has 0 bridgehead atoms. The number of carbonyl (C=O) groups excluding carboxylic acids is 1. The van der Waals surface area contributed by atoms with Crippen molar-refractivity contribution in [2.75, 3.05) is 7.11 Å². The number of ketones is 1. The highest BCUT2D eigenvalue weighted by molar-refractivity contribution is 5.91. The van der Waals surface area contributed by atoms with Crippen molar-refractivity contribution >= 4 is 5.78 Å². The first-order valence-corrected chi connectivity index (χ1v) is 10.5. The highest BCUT2D eigenvalue weighted by Gasteiger charge is 2.68. The van der Waals surface area contributed by atoms with Gasteiger partial charge in [0.2, 0.25) is 0 Å². The lowest BCUT2D eigenvalue weighted by Crippen LogP contribution is -2.61. The average Bonchev–Trinajstić information content (AvgIpc) is 2.87. The number of rotatable bonds is 2. The molecule has 0 unspecified atom stereocenters. The van der Waals surface area contributed by atoms with Crippen LogP contribution >= 0.6 is 0 Å². The second-order valence-corrected chi connectivity index (χ2v) is 10.1. The fourth-order valence-corrected chi connectivity index (χ4v) is 7.75. The molecule has 0 amide bonds. The predicted molar refractivity (Wildman–Crippen MR) is 104 cm³/mol. The van der Waals surface area contributed by atoms with Gasteiger partial charge < -0.3 is 14.9 Å². The first-order valence-electron chi connectivity index (χ1n) is 10.5. The minimum Gasteiger partial charge on any atom is -0.499 e. The molecule has 2 N–H and O–H groups in total. The molecule has 0 aromatic rings.